The normalized spacial score (nSPS) is 26.9. The molecule has 1 atom stereocenters. The third kappa shape index (κ3) is 4.47. The highest BCUT2D eigenvalue weighted by molar-refractivity contribution is 5.93. The molecule has 37 heavy (non-hydrogen) atoms. The lowest BCUT2D eigenvalue weighted by Crippen LogP contribution is -2.48. The van der Waals surface area contributed by atoms with Crippen molar-refractivity contribution in [3.8, 4) is 22.6 Å². The van der Waals surface area contributed by atoms with Gasteiger partial charge >= 0.3 is 5.97 Å². The van der Waals surface area contributed by atoms with Crippen LogP contribution in [0, 0.1) is 17.8 Å². The van der Waals surface area contributed by atoms with E-state index in [2.05, 4.69) is 24.3 Å². The molecule has 0 aromatic heterocycles. The molecular weight excluding hydrogens is 468 g/mol. The van der Waals surface area contributed by atoms with E-state index in [4.69, 9.17) is 14.2 Å². The highest BCUT2D eigenvalue weighted by Crippen LogP contribution is 2.62. The fourth-order valence-electron chi connectivity index (χ4n) is 7.58. The van der Waals surface area contributed by atoms with Crippen molar-refractivity contribution >= 4 is 16.7 Å². The number of benzene rings is 3. The van der Waals surface area contributed by atoms with E-state index in [0.29, 0.717) is 0 Å². The number of aromatic carboxylic acids is 1. The van der Waals surface area contributed by atoms with Gasteiger partial charge in [0.25, 0.3) is 0 Å². The summed E-state index contributed by atoms with van der Waals surface area (Å²) in [5.74, 6) is 1.95. The summed E-state index contributed by atoms with van der Waals surface area (Å²) in [7, 11) is 1.62. The quantitative estimate of drug-likeness (QED) is 0.333. The minimum absolute atomic E-state index is 0.0968. The lowest BCUT2D eigenvalue weighted by Gasteiger charge is -2.57. The van der Waals surface area contributed by atoms with E-state index in [1.54, 1.807) is 13.2 Å². The number of methoxy groups -OCH3 is 1. The second-order valence-electron chi connectivity index (χ2n) is 11.4. The van der Waals surface area contributed by atoms with Gasteiger partial charge in [0.1, 0.15) is 17.1 Å². The predicted octanol–water partition coefficient (Wildman–Crippen LogP) is 6.72. The van der Waals surface area contributed by atoms with Crippen LogP contribution in [0.4, 0.5) is 0 Å². The van der Waals surface area contributed by atoms with Crippen LogP contribution in [0.3, 0.4) is 0 Å². The second kappa shape index (κ2) is 9.34. The van der Waals surface area contributed by atoms with Gasteiger partial charge in [-0.05, 0) is 121 Å². The molecule has 4 aliphatic rings. The third-order valence-corrected chi connectivity index (χ3v) is 8.96. The maximum absolute atomic E-state index is 11.3. The van der Waals surface area contributed by atoms with Crippen LogP contribution in [0.1, 0.15) is 61.4 Å². The molecule has 0 saturated heterocycles. The van der Waals surface area contributed by atoms with Crippen LogP contribution < -0.4 is 4.74 Å². The van der Waals surface area contributed by atoms with Gasteiger partial charge in [-0.15, -0.1) is 0 Å². The number of phenols is 1. The van der Waals surface area contributed by atoms with E-state index < -0.39 is 5.97 Å². The Kier molecular flexibility index (Phi) is 6.12. The van der Waals surface area contributed by atoms with Crippen LogP contribution in [0.15, 0.2) is 48.5 Å². The van der Waals surface area contributed by atoms with E-state index >= 15 is 0 Å². The van der Waals surface area contributed by atoms with Crippen LogP contribution in [-0.2, 0) is 14.9 Å². The van der Waals surface area contributed by atoms with Crippen LogP contribution in [0.5, 0.6) is 11.5 Å². The van der Waals surface area contributed by atoms with Gasteiger partial charge in [0.15, 0.2) is 13.1 Å². The molecule has 4 saturated carbocycles. The molecule has 6 nitrogen and oxygen atoms in total. The minimum Gasteiger partial charge on any atom is -0.507 e. The topological polar surface area (TPSA) is 85.2 Å². The Morgan fingerprint density at radius 1 is 0.946 bits per heavy atom. The van der Waals surface area contributed by atoms with Crippen LogP contribution in [0.2, 0.25) is 0 Å². The van der Waals surface area contributed by atoms with Gasteiger partial charge in [-0.2, -0.15) is 0 Å². The van der Waals surface area contributed by atoms with E-state index in [9.17, 15) is 15.0 Å². The summed E-state index contributed by atoms with van der Waals surface area (Å²) in [5, 5.41) is 21.7. The van der Waals surface area contributed by atoms with Crippen LogP contribution in [0.25, 0.3) is 21.9 Å². The predicted molar refractivity (Wildman–Crippen MR) is 141 cm³/mol. The van der Waals surface area contributed by atoms with Gasteiger partial charge in [0.2, 0.25) is 0 Å². The summed E-state index contributed by atoms with van der Waals surface area (Å²) >= 11 is 0. The van der Waals surface area contributed by atoms with E-state index in [0.717, 1.165) is 45.4 Å². The first-order valence-corrected chi connectivity index (χ1v) is 13.3. The van der Waals surface area contributed by atoms with Crippen LogP contribution in [-0.4, -0.2) is 36.4 Å². The first-order chi connectivity index (χ1) is 17.8. The smallest absolute Gasteiger partial charge is 0.339 e. The van der Waals surface area contributed by atoms with Crippen molar-refractivity contribution in [2.24, 2.45) is 17.8 Å². The summed E-state index contributed by atoms with van der Waals surface area (Å²) in [6.45, 7) is 1.99. The lowest BCUT2D eigenvalue weighted by atomic mass is 9.48. The van der Waals surface area contributed by atoms with E-state index in [1.165, 1.54) is 56.2 Å². The number of carboxylic acid groups (broad SMARTS) is 1. The van der Waals surface area contributed by atoms with Crippen molar-refractivity contribution in [3.63, 3.8) is 0 Å². The average Bonchev–Trinajstić information content (AvgIpc) is 2.86. The molecule has 4 aliphatic carbocycles. The monoisotopic (exact) mass is 502 g/mol. The van der Waals surface area contributed by atoms with Gasteiger partial charge in [0, 0.05) is 12.7 Å². The number of hydrogen-bond donors (Lipinski definition) is 2. The van der Waals surface area contributed by atoms with Crippen molar-refractivity contribution in [2.45, 2.75) is 57.2 Å². The molecule has 7 rings (SSSR count). The number of hydrogen-bond acceptors (Lipinski definition) is 5. The molecule has 0 amide bonds. The molecule has 2 N–H and O–H groups in total. The molecule has 4 fully saturated rings. The number of aromatic hydroxyl groups is 1. The first kappa shape index (κ1) is 24.3. The Balaban J connectivity index is 1.41. The number of carbonyl (C=O) groups is 1. The molecule has 4 bridgehead atoms. The summed E-state index contributed by atoms with van der Waals surface area (Å²) in [5.41, 5.74) is 3.04. The fraction of sp³-hybridized carbons (Fsp3) is 0.452. The Bertz CT molecular complexity index is 1310. The molecule has 0 radical (unpaired) electrons. The standard InChI is InChI=1S/C31H34O6/c1-18(35-2)36-17-37-29-13-24-4-3-22(23-5-6-26(30(33)34)28(32)12-23)10-25(24)11-27(29)31-14-19-7-20(15-31)9-21(8-19)16-31/h3-6,10-13,18-21,32H,7-9,14-17H2,1-2H3,(H,33,34). The molecule has 6 heteroatoms. The third-order valence-electron chi connectivity index (χ3n) is 8.96. The van der Waals surface area contributed by atoms with Crippen molar-refractivity contribution in [2.75, 3.05) is 13.9 Å². The Labute approximate surface area is 217 Å². The molecule has 0 spiro atoms. The SMILES string of the molecule is COC(C)OCOc1cc2ccc(-c3ccc(C(=O)O)c(O)c3)cc2cc1C12CC3CC(CC(C3)C1)C2. The largest absolute Gasteiger partial charge is 0.507 e. The maximum atomic E-state index is 11.3. The average molecular weight is 503 g/mol. The van der Waals surface area contributed by atoms with Gasteiger partial charge in [-0.3, -0.25) is 0 Å². The molecule has 0 heterocycles. The molecular formula is C31H34O6. The van der Waals surface area contributed by atoms with Gasteiger partial charge in [0.05, 0.1) is 0 Å². The zero-order valence-electron chi connectivity index (χ0n) is 21.4. The zero-order chi connectivity index (χ0) is 25.7. The number of ether oxygens (including phenoxy) is 3. The van der Waals surface area contributed by atoms with E-state index in [1.807, 2.05) is 13.0 Å². The molecule has 3 aromatic carbocycles. The Morgan fingerprint density at radius 3 is 2.22 bits per heavy atom. The van der Waals surface area contributed by atoms with E-state index in [-0.39, 0.29) is 29.8 Å². The summed E-state index contributed by atoms with van der Waals surface area (Å²) in [6, 6.07) is 15.4. The number of fused-ring (bicyclic) bond motifs is 1. The summed E-state index contributed by atoms with van der Waals surface area (Å²) < 4.78 is 17.2. The molecule has 0 aliphatic heterocycles. The highest BCUT2D eigenvalue weighted by atomic mass is 16.7. The summed E-state index contributed by atoms with van der Waals surface area (Å²) in [4.78, 5) is 11.3. The van der Waals surface area contributed by atoms with Crippen molar-refractivity contribution < 1.29 is 29.2 Å². The number of carboxylic acids is 1. The molecule has 3 aromatic rings. The Hall–Kier alpha value is -3.09. The van der Waals surface area contributed by atoms with Crippen molar-refractivity contribution in [1.82, 2.24) is 0 Å². The Morgan fingerprint density at radius 2 is 1.59 bits per heavy atom. The molecule has 1 unspecified atom stereocenters. The highest BCUT2D eigenvalue weighted by Gasteiger charge is 2.52. The maximum Gasteiger partial charge on any atom is 0.339 e. The minimum atomic E-state index is -1.14. The van der Waals surface area contributed by atoms with Crippen molar-refractivity contribution in [1.29, 1.82) is 0 Å². The lowest BCUT2D eigenvalue weighted by molar-refractivity contribution is -0.150. The number of rotatable bonds is 8. The first-order valence-electron chi connectivity index (χ1n) is 13.3. The molecule has 194 valence electrons. The van der Waals surface area contributed by atoms with Gasteiger partial charge < -0.3 is 24.4 Å². The fourth-order valence-corrected chi connectivity index (χ4v) is 7.58. The van der Waals surface area contributed by atoms with Crippen molar-refractivity contribution in [3.05, 3.63) is 59.7 Å². The second-order valence-corrected chi connectivity index (χ2v) is 11.4. The zero-order valence-corrected chi connectivity index (χ0v) is 21.4. The summed E-state index contributed by atoms with van der Waals surface area (Å²) in [6.07, 6.45) is 7.45. The van der Waals surface area contributed by atoms with Gasteiger partial charge in [-0.1, -0.05) is 18.2 Å². The van der Waals surface area contributed by atoms with Crippen LogP contribution >= 0.6 is 0 Å². The van der Waals surface area contributed by atoms with Gasteiger partial charge in [-0.25, -0.2) is 4.79 Å².